The van der Waals surface area contributed by atoms with Crippen LogP contribution >= 0.6 is 11.8 Å². The zero-order valence-electron chi connectivity index (χ0n) is 8.67. The summed E-state index contributed by atoms with van der Waals surface area (Å²) in [5.74, 6) is 0.687. The molecular formula is C8H12F3N3S. The lowest BCUT2D eigenvalue weighted by atomic mass is 10.5. The third kappa shape index (κ3) is 2.87. The first-order valence-corrected chi connectivity index (χ1v) is 5.35. The lowest BCUT2D eigenvalue weighted by Gasteiger charge is -2.13. The Kier molecular flexibility index (Phi) is 3.64. The van der Waals surface area contributed by atoms with E-state index in [-0.39, 0.29) is 0 Å². The summed E-state index contributed by atoms with van der Waals surface area (Å²) in [5.41, 5.74) is 0. The van der Waals surface area contributed by atoms with Crippen LogP contribution in [-0.4, -0.2) is 26.2 Å². The topological polar surface area (TPSA) is 30.7 Å². The fraction of sp³-hybridized carbons (Fsp3) is 0.750. The van der Waals surface area contributed by atoms with Crippen LogP contribution in [0.3, 0.4) is 0 Å². The molecule has 1 aromatic rings. The van der Waals surface area contributed by atoms with Gasteiger partial charge in [0.25, 0.3) is 0 Å². The molecule has 0 saturated carbocycles. The summed E-state index contributed by atoms with van der Waals surface area (Å²) in [7, 11) is 1.67. The third-order valence-corrected chi connectivity index (χ3v) is 3.17. The smallest absolute Gasteiger partial charge is 0.309 e. The molecule has 3 nitrogen and oxygen atoms in total. The van der Waals surface area contributed by atoms with Crippen molar-refractivity contribution in [3.8, 4) is 0 Å². The van der Waals surface area contributed by atoms with Crippen LogP contribution in [0.1, 0.15) is 19.7 Å². The predicted octanol–water partition coefficient (Wildman–Crippen LogP) is 2.42. The van der Waals surface area contributed by atoms with Gasteiger partial charge < -0.3 is 4.57 Å². The molecule has 0 aromatic carbocycles. The number of rotatable bonds is 3. The molecule has 86 valence electrons. The third-order valence-electron chi connectivity index (χ3n) is 1.98. The van der Waals surface area contributed by atoms with E-state index in [1.54, 1.807) is 11.6 Å². The largest absolute Gasteiger partial charge is 0.400 e. The Labute approximate surface area is 90.1 Å². The highest BCUT2D eigenvalue weighted by Crippen LogP contribution is 2.33. The number of aromatic nitrogens is 3. The molecule has 0 aliphatic carbocycles. The zero-order valence-corrected chi connectivity index (χ0v) is 9.48. The van der Waals surface area contributed by atoms with Gasteiger partial charge in [0.15, 0.2) is 5.16 Å². The molecule has 0 spiro atoms. The number of thioether (sulfide) groups is 1. The highest BCUT2D eigenvalue weighted by atomic mass is 32.2. The van der Waals surface area contributed by atoms with Crippen LogP contribution in [0.5, 0.6) is 0 Å². The first-order valence-electron chi connectivity index (χ1n) is 4.48. The van der Waals surface area contributed by atoms with Crippen molar-refractivity contribution in [3.05, 3.63) is 5.82 Å². The number of hydrogen-bond donors (Lipinski definition) is 0. The number of alkyl halides is 3. The quantitative estimate of drug-likeness (QED) is 0.759. The van der Waals surface area contributed by atoms with Crippen LogP contribution in [0, 0.1) is 0 Å². The second kappa shape index (κ2) is 4.42. The van der Waals surface area contributed by atoms with Crippen LogP contribution < -0.4 is 0 Å². The number of nitrogens with zero attached hydrogens (tertiary/aromatic N) is 3. The molecule has 1 atom stereocenters. The summed E-state index contributed by atoms with van der Waals surface area (Å²) in [6.07, 6.45) is -3.55. The van der Waals surface area contributed by atoms with Crippen molar-refractivity contribution in [3.63, 3.8) is 0 Å². The molecule has 1 aromatic heterocycles. The highest BCUT2D eigenvalue weighted by molar-refractivity contribution is 7.99. The van der Waals surface area contributed by atoms with E-state index in [0.29, 0.717) is 29.2 Å². The standard InChI is InChI=1S/C8H12F3N3S/c1-4-6-12-13-7(14(6)3)15-5(2)8(9,10)11/h5H,4H2,1-3H3/t5-/m0/s1. The van der Waals surface area contributed by atoms with Gasteiger partial charge in [-0.3, -0.25) is 0 Å². The first-order chi connectivity index (χ1) is 6.86. The van der Waals surface area contributed by atoms with E-state index in [4.69, 9.17) is 0 Å². The Bertz CT molecular complexity index is 334. The van der Waals surface area contributed by atoms with E-state index >= 15 is 0 Å². The van der Waals surface area contributed by atoms with E-state index in [0.717, 1.165) is 6.92 Å². The summed E-state index contributed by atoms with van der Waals surface area (Å²) in [4.78, 5) is 0. The molecule has 0 N–H and O–H groups in total. The number of aryl methyl sites for hydroxylation is 1. The highest BCUT2D eigenvalue weighted by Gasteiger charge is 2.37. The van der Waals surface area contributed by atoms with Crippen LogP contribution in [0.15, 0.2) is 5.16 Å². The van der Waals surface area contributed by atoms with Gasteiger partial charge in [-0.05, 0) is 6.92 Å². The molecule has 0 bridgehead atoms. The Morgan fingerprint density at radius 3 is 2.40 bits per heavy atom. The normalized spacial score (nSPS) is 14.3. The summed E-state index contributed by atoms with van der Waals surface area (Å²) >= 11 is 0.678. The van der Waals surface area contributed by atoms with E-state index < -0.39 is 11.4 Å². The lowest BCUT2D eigenvalue weighted by Crippen LogP contribution is -2.22. The summed E-state index contributed by atoms with van der Waals surface area (Å²) in [6, 6.07) is 0. The molecule has 0 saturated heterocycles. The van der Waals surface area contributed by atoms with Crippen molar-refractivity contribution in [1.82, 2.24) is 14.8 Å². The minimum absolute atomic E-state index is 0.302. The second-order valence-electron chi connectivity index (χ2n) is 3.11. The lowest BCUT2D eigenvalue weighted by molar-refractivity contribution is -0.125. The number of hydrogen-bond acceptors (Lipinski definition) is 3. The first kappa shape index (κ1) is 12.4. The van der Waals surface area contributed by atoms with Crippen molar-refractivity contribution in [2.45, 2.75) is 36.9 Å². The monoisotopic (exact) mass is 239 g/mol. The van der Waals surface area contributed by atoms with Crippen molar-refractivity contribution < 1.29 is 13.2 Å². The maximum Gasteiger partial charge on any atom is 0.400 e. The van der Waals surface area contributed by atoms with Gasteiger partial charge in [-0.2, -0.15) is 13.2 Å². The fourth-order valence-corrected chi connectivity index (χ4v) is 1.78. The van der Waals surface area contributed by atoms with Gasteiger partial charge in [-0.15, -0.1) is 10.2 Å². The minimum Gasteiger partial charge on any atom is -0.309 e. The molecule has 1 heterocycles. The van der Waals surface area contributed by atoms with Crippen LogP contribution in [0.25, 0.3) is 0 Å². The Hall–Kier alpha value is -0.720. The van der Waals surface area contributed by atoms with E-state index in [1.165, 1.54) is 0 Å². The fourth-order valence-electron chi connectivity index (χ4n) is 0.980. The molecule has 0 aliphatic rings. The van der Waals surface area contributed by atoms with Gasteiger partial charge >= 0.3 is 6.18 Å². The predicted molar refractivity (Wildman–Crippen MR) is 51.8 cm³/mol. The maximum absolute atomic E-state index is 12.3. The molecule has 0 aliphatic heterocycles. The van der Waals surface area contributed by atoms with Crippen LogP contribution in [0.2, 0.25) is 0 Å². The molecule has 0 amide bonds. The second-order valence-corrected chi connectivity index (χ2v) is 4.42. The Morgan fingerprint density at radius 1 is 1.40 bits per heavy atom. The molecule has 15 heavy (non-hydrogen) atoms. The SMILES string of the molecule is CCc1nnc(S[C@@H](C)C(F)(F)F)n1C. The molecule has 0 radical (unpaired) electrons. The molecule has 7 heteroatoms. The van der Waals surface area contributed by atoms with Crippen molar-refractivity contribution >= 4 is 11.8 Å². The van der Waals surface area contributed by atoms with Gasteiger partial charge in [0.2, 0.25) is 0 Å². The molecular weight excluding hydrogens is 227 g/mol. The Morgan fingerprint density at radius 2 is 2.00 bits per heavy atom. The van der Waals surface area contributed by atoms with E-state index in [2.05, 4.69) is 10.2 Å². The number of halogens is 3. The molecule has 0 unspecified atom stereocenters. The Balaban J connectivity index is 2.77. The molecule has 0 fully saturated rings. The molecule has 1 rings (SSSR count). The zero-order chi connectivity index (χ0) is 11.6. The van der Waals surface area contributed by atoms with Gasteiger partial charge in [-0.25, -0.2) is 0 Å². The van der Waals surface area contributed by atoms with Gasteiger partial charge in [0.05, 0.1) is 0 Å². The van der Waals surface area contributed by atoms with Crippen molar-refractivity contribution in [2.75, 3.05) is 0 Å². The maximum atomic E-state index is 12.3. The average molecular weight is 239 g/mol. The average Bonchev–Trinajstić information content (AvgIpc) is 2.46. The van der Waals surface area contributed by atoms with Crippen LogP contribution in [0.4, 0.5) is 13.2 Å². The van der Waals surface area contributed by atoms with Crippen molar-refractivity contribution in [2.24, 2.45) is 7.05 Å². The van der Waals surface area contributed by atoms with E-state index in [9.17, 15) is 13.2 Å². The van der Waals surface area contributed by atoms with Gasteiger partial charge in [0, 0.05) is 13.5 Å². The summed E-state index contributed by atoms with van der Waals surface area (Å²) in [6.45, 7) is 3.00. The van der Waals surface area contributed by atoms with E-state index in [1.807, 2.05) is 6.92 Å². The minimum atomic E-state index is -4.21. The summed E-state index contributed by atoms with van der Waals surface area (Å²) in [5, 5.41) is 6.35. The van der Waals surface area contributed by atoms with Gasteiger partial charge in [0.1, 0.15) is 11.1 Å². The summed E-state index contributed by atoms with van der Waals surface area (Å²) < 4.78 is 38.4. The van der Waals surface area contributed by atoms with Gasteiger partial charge in [-0.1, -0.05) is 18.7 Å². The van der Waals surface area contributed by atoms with Crippen molar-refractivity contribution in [1.29, 1.82) is 0 Å². The van der Waals surface area contributed by atoms with Crippen LogP contribution in [-0.2, 0) is 13.5 Å².